The number of aldehydes is 1. The molecule has 2 N–H and O–H groups in total. The maximum atomic E-state index is 10.6. The third-order valence-electron chi connectivity index (χ3n) is 5.94. The minimum Gasteiger partial charge on any atom is -0.439 e. The average molecular weight is 459 g/mol. The third-order valence-corrected chi connectivity index (χ3v) is 5.94. The molecule has 1 aliphatic rings. The number of hydrogen-bond donors (Lipinski definition) is 2. The topological polar surface area (TPSA) is 107 Å². The third kappa shape index (κ3) is 5.28. The van der Waals surface area contributed by atoms with E-state index in [1.54, 1.807) is 12.4 Å². The van der Waals surface area contributed by atoms with Gasteiger partial charge in [0.1, 0.15) is 18.1 Å². The smallest absolute Gasteiger partial charge is 0.219 e. The summed E-state index contributed by atoms with van der Waals surface area (Å²) in [5.74, 6) is 1.23. The van der Waals surface area contributed by atoms with Crippen LogP contribution in [0.2, 0.25) is 0 Å². The van der Waals surface area contributed by atoms with E-state index in [0.717, 1.165) is 60.6 Å². The highest BCUT2D eigenvalue weighted by Gasteiger charge is 2.19. The number of piperazine rings is 1. The number of aliphatic hydroxyl groups is 1. The number of H-pyrrole nitrogens is 1. The number of β-amino-alcohol motifs (C(OH)–C–C–N with tert-alkyl or cyclic N) is 1. The predicted molar refractivity (Wildman–Crippen MR) is 127 cm³/mol. The zero-order chi connectivity index (χ0) is 23.3. The zero-order valence-electron chi connectivity index (χ0n) is 18.7. The van der Waals surface area contributed by atoms with Crippen molar-refractivity contribution >= 4 is 17.2 Å². The van der Waals surface area contributed by atoms with Crippen LogP contribution in [0.25, 0.3) is 22.2 Å². The van der Waals surface area contributed by atoms with Gasteiger partial charge in [0.05, 0.1) is 16.9 Å². The predicted octanol–water partition coefficient (Wildman–Crippen LogP) is 2.49. The molecule has 1 aliphatic heterocycles. The quantitative estimate of drug-likeness (QED) is 0.388. The molecule has 9 nitrogen and oxygen atoms in total. The first-order chi connectivity index (χ1) is 16.7. The summed E-state index contributed by atoms with van der Waals surface area (Å²) in [5.41, 5.74) is 3.78. The number of pyridine rings is 2. The van der Waals surface area contributed by atoms with Gasteiger partial charge in [0.25, 0.3) is 0 Å². The molecule has 0 aliphatic carbocycles. The highest BCUT2D eigenvalue weighted by molar-refractivity contribution is 5.80. The van der Waals surface area contributed by atoms with E-state index in [2.05, 4.69) is 31.0 Å². The lowest BCUT2D eigenvalue weighted by molar-refractivity contribution is -0.115. The fourth-order valence-corrected chi connectivity index (χ4v) is 4.10. The molecule has 5 rings (SSSR count). The van der Waals surface area contributed by atoms with Gasteiger partial charge < -0.3 is 14.6 Å². The normalized spacial score (nSPS) is 15.9. The summed E-state index contributed by atoms with van der Waals surface area (Å²) < 4.78 is 5.94. The Labute approximate surface area is 197 Å². The molecular weight excluding hydrogens is 432 g/mol. The molecule has 0 radical (unpaired) electrons. The second kappa shape index (κ2) is 10.1. The Morgan fingerprint density at radius 3 is 2.65 bits per heavy atom. The molecule has 0 amide bonds. The van der Waals surface area contributed by atoms with Crippen LogP contribution in [-0.2, 0) is 11.3 Å². The van der Waals surface area contributed by atoms with Crippen molar-refractivity contribution in [2.75, 3.05) is 32.7 Å². The number of rotatable bonds is 8. The maximum Gasteiger partial charge on any atom is 0.219 e. The molecule has 0 spiro atoms. The number of aromatic nitrogens is 4. The number of fused-ring (bicyclic) bond motifs is 1. The molecule has 0 unspecified atom stereocenters. The Balaban J connectivity index is 1.20. The second-order valence-corrected chi connectivity index (χ2v) is 8.39. The van der Waals surface area contributed by atoms with Gasteiger partial charge in [-0.2, -0.15) is 5.10 Å². The molecule has 174 valence electrons. The minimum absolute atomic E-state index is 0.403. The Kier molecular flexibility index (Phi) is 6.57. The zero-order valence-corrected chi connectivity index (χ0v) is 18.7. The first-order valence-corrected chi connectivity index (χ1v) is 11.3. The number of benzene rings is 1. The molecular formula is C25H26N6O3. The lowest BCUT2D eigenvalue weighted by Gasteiger charge is -2.34. The largest absolute Gasteiger partial charge is 0.439 e. The molecule has 4 aromatic rings. The van der Waals surface area contributed by atoms with Gasteiger partial charge in [-0.05, 0) is 36.4 Å². The Morgan fingerprint density at radius 2 is 1.91 bits per heavy atom. The van der Waals surface area contributed by atoms with Crippen LogP contribution in [0.4, 0.5) is 0 Å². The fourth-order valence-electron chi connectivity index (χ4n) is 4.10. The van der Waals surface area contributed by atoms with Crippen LogP contribution in [-0.4, -0.2) is 80.2 Å². The second-order valence-electron chi connectivity index (χ2n) is 8.39. The van der Waals surface area contributed by atoms with Crippen molar-refractivity contribution < 1.29 is 14.6 Å². The Bertz CT molecular complexity index is 1240. The molecule has 1 saturated heterocycles. The fraction of sp³-hybridized carbons (Fsp3) is 0.280. The van der Waals surface area contributed by atoms with Crippen molar-refractivity contribution in [2.24, 2.45) is 0 Å². The number of hydrogen-bond acceptors (Lipinski definition) is 8. The molecule has 0 saturated carbocycles. The number of nitrogens with one attached hydrogen (secondary N) is 1. The number of ether oxygens (including phenoxy) is 1. The van der Waals surface area contributed by atoms with Gasteiger partial charge >= 0.3 is 0 Å². The number of aromatic amines is 1. The van der Waals surface area contributed by atoms with Crippen molar-refractivity contribution in [3.05, 3.63) is 66.6 Å². The summed E-state index contributed by atoms with van der Waals surface area (Å²) in [6.45, 7) is 4.59. The van der Waals surface area contributed by atoms with E-state index in [9.17, 15) is 9.90 Å². The van der Waals surface area contributed by atoms with Crippen LogP contribution in [0.15, 0.2) is 60.9 Å². The Morgan fingerprint density at radius 1 is 1.06 bits per heavy atom. The number of carbonyl (C=O) groups excluding carboxylic acids is 1. The molecule has 4 heterocycles. The maximum absolute atomic E-state index is 10.6. The van der Waals surface area contributed by atoms with E-state index in [1.165, 1.54) is 0 Å². The van der Waals surface area contributed by atoms with Gasteiger partial charge in [0, 0.05) is 68.7 Å². The summed E-state index contributed by atoms with van der Waals surface area (Å²) in [6, 6.07) is 15.6. The van der Waals surface area contributed by atoms with E-state index in [-0.39, 0.29) is 0 Å². The number of aliphatic hydroxyl groups excluding tert-OH is 1. The lowest BCUT2D eigenvalue weighted by atomic mass is 10.2. The van der Waals surface area contributed by atoms with Gasteiger partial charge in [0.15, 0.2) is 0 Å². The van der Waals surface area contributed by atoms with Crippen molar-refractivity contribution in [3.8, 4) is 22.9 Å². The Hall–Kier alpha value is -3.66. The summed E-state index contributed by atoms with van der Waals surface area (Å²) >= 11 is 0. The SMILES string of the molecule is O=C[C@@H](O)CN1CCN(Cc2ccc3cc(Oc4ccc(-c5ccn[nH]5)cn4)ccc3n2)CC1. The van der Waals surface area contributed by atoms with Crippen LogP contribution in [0.3, 0.4) is 0 Å². The van der Waals surface area contributed by atoms with Crippen molar-refractivity contribution in [2.45, 2.75) is 12.6 Å². The molecule has 3 aromatic heterocycles. The summed E-state index contributed by atoms with van der Waals surface area (Å²) in [7, 11) is 0. The molecule has 1 aromatic carbocycles. The van der Waals surface area contributed by atoms with Crippen LogP contribution in [0.5, 0.6) is 11.6 Å². The molecule has 0 bridgehead atoms. The summed E-state index contributed by atoms with van der Waals surface area (Å²) in [4.78, 5) is 24.3. The van der Waals surface area contributed by atoms with E-state index in [1.807, 2.05) is 42.5 Å². The summed E-state index contributed by atoms with van der Waals surface area (Å²) in [5, 5.41) is 17.4. The van der Waals surface area contributed by atoms with Crippen molar-refractivity contribution in [3.63, 3.8) is 0 Å². The number of nitrogens with zero attached hydrogens (tertiary/aromatic N) is 5. The lowest BCUT2D eigenvalue weighted by Crippen LogP contribution is -2.48. The van der Waals surface area contributed by atoms with Crippen molar-refractivity contribution in [1.82, 2.24) is 30.0 Å². The molecule has 9 heteroatoms. The first kappa shape index (κ1) is 22.1. The van der Waals surface area contributed by atoms with Gasteiger partial charge in [-0.3, -0.25) is 19.9 Å². The standard InChI is InChI=1S/C25H26N6O3/c32-17-21(33)16-31-11-9-30(10-12-31)15-20-3-1-18-13-22(4-5-23(18)28-20)34-25-6-2-19(14-26-25)24-7-8-27-29-24/h1-8,13-14,17,21,33H,9-12,15-16H2,(H,27,29)/t21-/m0/s1. The monoisotopic (exact) mass is 458 g/mol. The van der Waals surface area contributed by atoms with Crippen molar-refractivity contribution in [1.29, 1.82) is 0 Å². The molecule has 34 heavy (non-hydrogen) atoms. The average Bonchev–Trinajstić information content (AvgIpc) is 3.41. The van der Waals surface area contributed by atoms with Gasteiger partial charge in [-0.1, -0.05) is 6.07 Å². The highest BCUT2D eigenvalue weighted by Crippen LogP contribution is 2.26. The van der Waals surface area contributed by atoms with Crippen LogP contribution >= 0.6 is 0 Å². The summed E-state index contributed by atoms with van der Waals surface area (Å²) in [6.07, 6.45) is 3.15. The minimum atomic E-state index is -0.903. The molecule has 1 fully saturated rings. The van der Waals surface area contributed by atoms with E-state index in [4.69, 9.17) is 9.72 Å². The number of carbonyl (C=O) groups is 1. The van der Waals surface area contributed by atoms with E-state index in [0.29, 0.717) is 24.5 Å². The van der Waals surface area contributed by atoms with Gasteiger partial charge in [-0.25, -0.2) is 4.98 Å². The van der Waals surface area contributed by atoms with Crippen LogP contribution in [0.1, 0.15) is 5.69 Å². The van der Waals surface area contributed by atoms with Crippen LogP contribution < -0.4 is 4.74 Å². The van der Waals surface area contributed by atoms with Crippen LogP contribution in [0, 0.1) is 0 Å². The highest BCUT2D eigenvalue weighted by atomic mass is 16.5. The molecule has 1 atom stereocenters. The first-order valence-electron chi connectivity index (χ1n) is 11.3. The van der Waals surface area contributed by atoms with E-state index >= 15 is 0 Å². The van der Waals surface area contributed by atoms with Gasteiger partial charge in [-0.15, -0.1) is 0 Å². The van der Waals surface area contributed by atoms with E-state index < -0.39 is 6.10 Å². The van der Waals surface area contributed by atoms with Gasteiger partial charge in [0.2, 0.25) is 5.88 Å².